The van der Waals surface area contributed by atoms with Crippen molar-refractivity contribution in [2.75, 3.05) is 13.6 Å². The van der Waals surface area contributed by atoms with Gasteiger partial charge in [-0.05, 0) is 25.6 Å². The first-order valence-electron chi connectivity index (χ1n) is 5.80. The van der Waals surface area contributed by atoms with Crippen molar-refractivity contribution in [3.05, 3.63) is 21.3 Å². The van der Waals surface area contributed by atoms with Gasteiger partial charge < -0.3 is 5.73 Å². The van der Waals surface area contributed by atoms with Crippen molar-refractivity contribution in [2.45, 2.75) is 38.8 Å². The number of unbranched alkanes of at least 4 members (excludes halogenated alkanes) is 1. The third-order valence-electron chi connectivity index (χ3n) is 2.53. The topological polar surface area (TPSA) is 29.3 Å². The third kappa shape index (κ3) is 5.30. The molecule has 1 aromatic heterocycles. The zero-order valence-electron chi connectivity index (χ0n) is 10.1. The maximum atomic E-state index is 6.06. The molecule has 1 unspecified atom stereocenters. The molecule has 0 fully saturated rings. The van der Waals surface area contributed by atoms with Gasteiger partial charge in [-0.3, -0.25) is 4.90 Å². The zero-order valence-corrected chi connectivity index (χ0v) is 11.7. The molecule has 16 heavy (non-hydrogen) atoms. The van der Waals surface area contributed by atoms with Crippen LogP contribution in [0.15, 0.2) is 12.1 Å². The first kappa shape index (κ1) is 14.0. The molecule has 1 aromatic rings. The lowest BCUT2D eigenvalue weighted by Gasteiger charge is -2.20. The van der Waals surface area contributed by atoms with Crippen LogP contribution in [0, 0.1) is 0 Å². The molecule has 0 amide bonds. The van der Waals surface area contributed by atoms with E-state index < -0.39 is 0 Å². The molecule has 0 aliphatic rings. The summed E-state index contributed by atoms with van der Waals surface area (Å²) in [5.74, 6) is 0. The van der Waals surface area contributed by atoms with E-state index in [2.05, 4.69) is 24.9 Å². The second-order valence-electron chi connectivity index (χ2n) is 4.30. The number of thiophene rings is 1. The van der Waals surface area contributed by atoms with Crippen LogP contribution in [0.2, 0.25) is 4.34 Å². The smallest absolute Gasteiger partial charge is 0.0931 e. The standard InChI is InChI=1S/C12H21ClN2S/c1-3-4-5-10(14)8-15(2)9-11-6-7-12(13)16-11/h6-7,10H,3-5,8-9,14H2,1-2H3. The highest BCUT2D eigenvalue weighted by Crippen LogP contribution is 2.22. The van der Waals surface area contributed by atoms with Gasteiger partial charge in [0.05, 0.1) is 4.34 Å². The predicted molar refractivity (Wildman–Crippen MR) is 73.2 cm³/mol. The molecule has 0 aliphatic carbocycles. The average molecular weight is 261 g/mol. The number of rotatable bonds is 7. The summed E-state index contributed by atoms with van der Waals surface area (Å²) in [4.78, 5) is 3.57. The Labute approximate surface area is 107 Å². The fourth-order valence-electron chi connectivity index (χ4n) is 1.73. The molecule has 0 spiro atoms. The Morgan fingerprint density at radius 2 is 2.25 bits per heavy atom. The Morgan fingerprint density at radius 3 is 2.81 bits per heavy atom. The van der Waals surface area contributed by atoms with Gasteiger partial charge in [-0.25, -0.2) is 0 Å². The molecular weight excluding hydrogens is 240 g/mol. The van der Waals surface area contributed by atoms with Crippen LogP contribution >= 0.6 is 22.9 Å². The number of hydrogen-bond acceptors (Lipinski definition) is 3. The van der Waals surface area contributed by atoms with Crippen LogP contribution in [0.4, 0.5) is 0 Å². The first-order chi connectivity index (χ1) is 7.61. The van der Waals surface area contributed by atoms with Crippen LogP contribution in [0.3, 0.4) is 0 Å². The van der Waals surface area contributed by atoms with Gasteiger partial charge in [-0.1, -0.05) is 31.4 Å². The summed E-state index contributed by atoms with van der Waals surface area (Å²) < 4.78 is 0.860. The number of likely N-dealkylation sites (N-methyl/N-ethyl adjacent to an activating group) is 1. The van der Waals surface area contributed by atoms with Crippen molar-refractivity contribution in [3.63, 3.8) is 0 Å². The summed E-state index contributed by atoms with van der Waals surface area (Å²) in [7, 11) is 2.11. The maximum absolute atomic E-state index is 6.06. The summed E-state index contributed by atoms with van der Waals surface area (Å²) >= 11 is 7.54. The van der Waals surface area contributed by atoms with Gasteiger partial charge in [0.1, 0.15) is 0 Å². The maximum Gasteiger partial charge on any atom is 0.0931 e. The van der Waals surface area contributed by atoms with Gasteiger partial charge >= 0.3 is 0 Å². The van der Waals surface area contributed by atoms with Gasteiger partial charge in [0, 0.05) is 24.0 Å². The predicted octanol–water partition coefficient (Wildman–Crippen LogP) is 3.35. The fourth-order valence-corrected chi connectivity index (χ4v) is 2.89. The Kier molecular flexibility index (Phi) is 6.36. The quantitative estimate of drug-likeness (QED) is 0.815. The summed E-state index contributed by atoms with van der Waals surface area (Å²) in [5, 5.41) is 0. The van der Waals surface area contributed by atoms with E-state index in [1.165, 1.54) is 17.7 Å². The van der Waals surface area contributed by atoms with Gasteiger partial charge in [0.25, 0.3) is 0 Å². The van der Waals surface area contributed by atoms with Crippen molar-refractivity contribution in [1.82, 2.24) is 4.90 Å². The molecule has 92 valence electrons. The second-order valence-corrected chi connectivity index (χ2v) is 6.10. The van der Waals surface area contributed by atoms with Crippen molar-refractivity contribution in [2.24, 2.45) is 5.73 Å². The normalized spacial score (nSPS) is 13.3. The Bertz CT molecular complexity index is 301. The molecular formula is C12H21ClN2S. The fraction of sp³-hybridized carbons (Fsp3) is 0.667. The Balaban J connectivity index is 2.27. The first-order valence-corrected chi connectivity index (χ1v) is 6.99. The average Bonchev–Trinajstić information content (AvgIpc) is 2.60. The molecule has 2 nitrogen and oxygen atoms in total. The minimum atomic E-state index is 0.292. The molecule has 0 saturated carbocycles. The molecule has 0 aromatic carbocycles. The number of nitrogens with zero attached hydrogens (tertiary/aromatic N) is 1. The van der Waals surface area contributed by atoms with Crippen LogP contribution < -0.4 is 5.73 Å². The van der Waals surface area contributed by atoms with Crippen LogP contribution in [0.5, 0.6) is 0 Å². The second kappa shape index (κ2) is 7.28. The highest BCUT2D eigenvalue weighted by molar-refractivity contribution is 7.16. The van der Waals surface area contributed by atoms with Crippen LogP contribution in [0.1, 0.15) is 31.1 Å². The van der Waals surface area contributed by atoms with Crippen molar-refractivity contribution in [1.29, 1.82) is 0 Å². The molecule has 0 aliphatic heterocycles. The molecule has 2 N–H and O–H groups in total. The van der Waals surface area contributed by atoms with Crippen molar-refractivity contribution < 1.29 is 0 Å². The van der Waals surface area contributed by atoms with Crippen molar-refractivity contribution in [3.8, 4) is 0 Å². The van der Waals surface area contributed by atoms with Crippen molar-refractivity contribution >= 4 is 22.9 Å². The summed E-state index contributed by atoms with van der Waals surface area (Å²) in [5.41, 5.74) is 6.06. The lowest BCUT2D eigenvalue weighted by molar-refractivity contribution is 0.298. The largest absolute Gasteiger partial charge is 0.327 e. The number of hydrogen-bond donors (Lipinski definition) is 1. The van der Waals surface area contributed by atoms with Gasteiger partial charge in [-0.15, -0.1) is 11.3 Å². The van der Waals surface area contributed by atoms with E-state index >= 15 is 0 Å². The van der Waals surface area contributed by atoms with E-state index in [0.717, 1.165) is 23.8 Å². The van der Waals surface area contributed by atoms with Gasteiger partial charge in [0.2, 0.25) is 0 Å². The molecule has 1 heterocycles. The minimum Gasteiger partial charge on any atom is -0.327 e. The molecule has 1 atom stereocenters. The van der Waals surface area contributed by atoms with Crippen LogP contribution in [0.25, 0.3) is 0 Å². The minimum absolute atomic E-state index is 0.292. The zero-order chi connectivity index (χ0) is 12.0. The van der Waals surface area contributed by atoms with Gasteiger partial charge in [0.15, 0.2) is 0 Å². The molecule has 0 saturated heterocycles. The van der Waals surface area contributed by atoms with E-state index in [1.807, 2.05) is 6.07 Å². The van der Waals surface area contributed by atoms with E-state index in [-0.39, 0.29) is 0 Å². The van der Waals surface area contributed by atoms with E-state index in [0.29, 0.717) is 6.04 Å². The number of halogens is 1. The van der Waals surface area contributed by atoms with Gasteiger partial charge in [-0.2, -0.15) is 0 Å². The third-order valence-corrected chi connectivity index (χ3v) is 3.75. The molecule has 0 bridgehead atoms. The summed E-state index contributed by atoms with van der Waals surface area (Å²) in [6.07, 6.45) is 3.56. The monoisotopic (exact) mass is 260 g/mol. The highest BCUT2D eigenvalue weighted by atomic mass is 35.5. The SMILES string of the molecule is CCCCC(N)CN(C)Cc1ccc(Cl)s1. The Hall–Kier alpha value is -0.0900. The summed E-state index contributed by atoms with van der Waals surface area (Å²) in [6.45, 7) is 4.09. The van der Waals surface area contributed by atoms with Crippen LogP contribution in [-0.2, 0) is 6.54 Å². The lowest BCUT2D eigenvalue weighted by atomic mass is 10.1. The molecule has 0 radical (unpaired) electrons. The van der Waals surface area contributed by atoms with E-state index in [4.69, 9.17) is 17.3 Å². The van der Waals surface area contributed by atoms with E-state index in [1.54, 1.807) is 11.3 Å². The Morgan fingerprint density at radius 1 is 1.50 bits per heavy atom. The van der Waals surface area contributed by atoms with E-state index in [9.17, 15) is 0 Å². The number of nitrogens with two attached hydrogens (primary N) is 1. The lowest BCUT2D eigenvalue weighted by Crippen LogP contribution is -2.34. The molecule has 1 rings (SSSR count). The molecule has 4 heteroatoms. The van der Waals surface area contributed by atoms with Crippen LogP contribution in [-0.4, -0.2) is 24.5 Å². The highest BCUT2D eigenvalue weighted by Gasteiger charge is 2.08. The summed E-state index contributed by atoms with van der Waals surface area (Å²) in [6, 6.07) is 4.33.